The highest BCUT2D eigenvalue weighted by Crippen LogP contribution is 2.37. The number of pyridine rings is 1. The average molecular weight is 288 g/mol. The lowest BCUT2D eigenvalue weighted by Gasteiger charge is -2.24. The summed E-state index contributed by atoms with van der Waals surface area (Å²) in [5.74, 6) is 2.51. The van der Waals surface area contributed by atoms with Gasteiger partial charge >= 0.3 is 0 Å². The van der Waals surface area contributed by atoms with Gasteiger partial charge in [-0.2, -0.15) is 0 Å². The summed E-state index contributed by atoms with van der Waals surface area (Å²) in [4.78, 5) is 6.70. The van der Waals surface area contributed by atoms with E-state index in [1.807, 2.05) is 24.4 Å². The number of benzene rings is 1. The molecule has 5 heteroatoms. The molecule has 0 bridgehead atoms. The first-order valence-corrected chi connectivity index (χ1v) is 7.37. The highest BCUT2D eigenvalue weighted by atomic mass is 16.6. The minimum absolute atomic E-state index is 0.188. The van der Waals surface area contributed by atoms with E-state index in [1.165, 1.54) is 0 Å². The SMILES string of the molecule is CCN(CCCO)c1nccc2cc3c(cc12)OCCO3. The zero-order valence-electron chi connectivity index (χ0n) is 12.2. The van der Waals surface area contributed by atoms with Gasteiger partial charge in [0.15, 0.2) is 11.5 Å². The molecular weight excluding hydrogens is 268 g/mol. The van der Waals surface area contributed by atoms with Crippen LogP contribution in [0, 0.1) is 0 Å². The maximum atomic E-state index is 9.05. The van der Waals surface area contributed by atoms with Gasteiger partial charge in [0.1, 0.15) is 19.0 Å². The van der Waals surface area contributed by atoms with E-state index in [-0.39, 0.29) is 6.61 Å². The Kier molecular flexibility index (Phi) is 4.10. The molecule has 2 aromatic rings. The molecule has 0 saturated carbocycles. The van der Waals surface area contributed by atoms with Gasteiger partial charge in [0.25, 0.3) is 0 Å². The lowest BCUT2D eigenvalue weighted by Crippen LogP contribution is -2.25. The number of nitrogens with zero attached hydrogens (tertiary/aromatic N) is 2. The Morgan fingerprint density at radius 1 is 1.24 bits per heavy atom. The van der Waals surface area contributed by atoms with Crippen molar-refractivity contribution in [1.29, 1.82) is 0 Å². The number of aliphatic hydroxyl groups excluding tert-OH is 1. The van der Waals surface area contributed by atoms with Crippen LogP contribution in [0.2, 0.25) is 0 Å². The lowest BCUT2D eigenvalue weighted by molar-refractivity contribution is 0.172. The maximum absolute atomic E-state index is 9.05. The topological polar surface area (TPSA) is 54.8 Å². The molecule has 0 unspecified atom stereocenters. The standard InChI is InChI=1S/C16H20N2O3/c1-2-18(6-3-7-19)16-13-11-15-14(20-8-9-21-15)10-12(13)4-5-17-16/h4-5,10-11,19H,2-3,6-9H2,1H3. The van der Waals surface area contributed by atoms with Crippen molar-refractivity contribution in [1.82, 2.24) is 4.98 Å². The first-order chi connectivity index (χ1) is 10.3. The first kappa shape index (κ1) is 13.9. The summed E-state index contributed by atoms with van der Waals surface area (Å²) in [6.07, 6.45) is 2.55. The Labute approximate surface area is 124 Å². The van der Waals surface area contributed by atoms with Gasteiger partial charge in [-0.3, -0.25) is 0 Å². The third-order valence-electron chi connectivity index (χ3n) is 3.67. The second kappa shape index (κ2) is 6.18. The smallest absolute Gasteiger partial charge is 0.162 e. The van der Waals surface area contributed by atoms with Gasteiger partial charge in [-0.25, -0.2) is 4.98 Å². The molecular formula is C16H20N2O3. The molecule has 2 heterocycles. The molecule has 0 saturated heterocycles. The summed E-state index contributed by atoms with van der Waals surface area (Å²) in [7, 11) is 0. The normalized spacial score (nSPS) is 13.4. The number of anilines is 1. The van der Waals surface area contributed by atoms with Gasteiger partial charge in [0.05, 0.1) is 0 Å². The van der Waals surface area contributed by atoms with Crippen LogP contribution in [-0.4, -0.2) is 43.0 Å². The molecule has 0 spiro atoms. The summed E-state index contributed by atoms with van der Waals surface area (Å²) < 4.78 is 11.3. The Hall–Kier alpha value is -2.01. The van der Waals surface area contributed by atoms with Crippen molar-refractivity contribution in [2.24, 2.45) is 0 Å². The third-order valence-corrected chi connectivity index (χ3v) is 3.67. The number of hydrogen-bond donors (Lipinski definition) is 1. The Morgan fingerprint density at radius 3 is 2.71 bits per heavy atom. The summed E-state index contributed by atoms with van der Waals surface area (Å²) in [5, 5.41) is 11.2. The molecule has 21 heavy (non-hydrogen) atoms. The van der Waals surface area contributed by atoms with E-state index in [4.69, 9.17) is 14.6 Å². The van der Waals surface area contributed by atoms with Crippen LogP contribution in [0.25, 0.3) is 10.8 Å². The molecule has 1 aromatic heterocycles. The molecule has 112 valence electrons. The van der Waals surface area contributed by atoms with Crippen LogP contribution in [-0.2, 0) is 0 Å². The second-order valence-corrected chi connectivity index (χ2v) is 5.01. The van der Waals surface area contributed by atoms with Crippen molar-refractivity contribution in [3.63, 3.8) is 0 Å². The Bertz CT molecular complexity index is 630. The van der Waals surface area contributed by atoms with Crippen molar-refractivity contribution >= 4 is 16.6 Å². The predicted octanol–water partition coefficient (Wildman–Crippen LogP) is 2.21. The number of ether oxygens (including phenoxy) is 2. The second-order valence-electron chi connectivity index (χ2n) is 5.01. The third kappa shape index (κ3) is 2.74. The molecule has 3 rings (SSSR count). The summed E-state index contributed by atoms with van der Waals surface area (Å²) in [5.41, 5.74) is 0. The van der Waals surface area contributed by atoms with E-state index in [2.05, 4.69) is 16.8 Å². The molecule has 0 amide bonds. The van der Waals surface area contributed by atoms with Crippen LogP contribution < -0.4 is 14.4 Å². The van der Waals surface area contributed by atoms with Crippen LogP contribution in [0.1, 0.15) is 13.3 Å². The van der Waals surface area contributed by atoms with E-state index >= 15 is 0 Å². The molecule has 5 nitrogen and oxygen atoms in total. The maximum Gasteiger partial charge on any atom is 0.162 e. The number of fused-ring (bicyclic) bond motifs is 2. The fourth-order valence-electron chi connectivity index (χ4n) is 2.62. The molecule has 1 aliphatic rings. The van der Waals surface area contributed by atoms with E-state index in [0.29, 0.717) is 13.2 Å². The fourth-order valence-corrected chi connectivity index (χ4v) is 2.62. The molecule has 1 aliphatic heterocycles. The molecule has 0 atom stereocenters. The summed E-state index contributed by atoms with van der Waals surface area (Å²) in [6.45, 7) is 5.09. The van der Waals surface area contributed by atoms with Crippen LogP contribution in [0.5, 0.6) is 11.5 Å². The minimum Gasteiger partial charge on any atom is -0.486 e. The van der Waals surface area contributed by atoms with E-state index < -0.39 is 0 Å². The van der Waals surface area contributed by atoms with Crippen molar-refractivity contribution in [3.05, 3.63) is 24.4 Å². The van der Waals surface area contributed by atoms with Crippen LogP contribution in [0.15, 0.2) is 24.4 Å². The highest BCUT2D eigenvalue weighted by molar-refractivity contribution is 5.94. The number of hydrogen-bond acceptors (Lipinski definition) is 5. The fraction of sp³-hybridized carbons (Fsp3) is 0.438. The van der Waals surface area contributed by atoms with Crippen LogP contribution in [0.4, 0.5) is 5.82 Å². The van der Waals surface area contributed by atoms with Crippen molar-refractivity contribution in [2.45, 2.75) is 13.3 Å². The zero-order chi connectivity index (χ0) is 14.7. The van der Waals surface area contributed by atoms with E-state index in [0.717, 1.165) is 47.6 Å². The summed E-state index contributed by atoms with van der Waals surface area (Å²) >= 11 is 0. The van der Waals surface area contributed by atoms with Gasteiger partial charge in [0.2, 0.25) is 0 Å². The molecule has 0 fully saturated rings. The molecule has 1 aromatic carbocycles. The van der Waals surface area contributed by atoms with E-state index in [1.54, 1.807) is 0 Å². The Balaban J connectivity index is 2.05. The summed E-state index contributed by atoms with van der Waals surface area (Å²) in [6, 6.07) is 6.00. The predicted molar refractivity (Wildman–Crippen MR) is 82.3 cm³/mol. The van der Waals surface area contributed by atoms with Crippen molar-refractivity contribution in [3.8, 4) is 11.5 Å². The lowest BCUT2D eigenvalue weighted by atomic mass is 10.1. The average Bonchev–Trinajstić information content (AvgIpc) is 2.53. The van der Waals surface area contributed by atoms with Gasteiger partial charge < -0.3 is 19.5 Å². The van der Waals surface area contributed by atoms with Gasteiger partial charge in [0, 0.05) is 31.3 Å². The Morgan fingerprint density at radius 2 is 2.00 bits per heavy atom. The number of aliphatic hydroxyl groups is 1. The minimum atomic E-state index is 0.188. The van der Waals surface area contributed by atoms with Gasteiger partial charge in [-0.05, 0) is 36.9 Å². The van der Waals surface area contributed by atoms with E-state index in [9.17, 15) is 0 Å². The molecule has 1 N–H and O–H groups in total. The van der Waals surface area contributed by atoms with Gasteiger partial charge in [-0.15, -0.1) is 0 Å². The monoisotopic (exact) mass is 288 g/mol. The highest BCUT2D eigenvalue weighted by Gasteiger charge is 2.16. The number of aromatic nitrogens is 1. The quantitative estimate of drug-likeness (QED) is 0.914. The zero-order valence-corrected chi connectivity index (χ0v) is 12.2. The van der Waals surface area contributed by atoms with Crippen LogP contribution >= 0.6 is 0 Å². The van der Waals surface area contributed by atoms with Crippen molar-refractivity contribution in [2.75, 3.05) is 37.8 Å². The van der Waals surface area contributed by atoms with Crippen LogP contribution in [0.3, 0.4) is 0 Å². The largest absolute Gasteiger partial charge is 0.486 e. The van der Waals surface area contributed by atoms with Gasteiger partial charge in [-0.1, -0.05) is 0 Å². The first-order valence-electron chi connectivity index (χ1n) is 7.37. The van der Waals surface area contributed by atoms with Crippen molar-refractivity contribution < 1.29 is 14.6 Å². The number of rotatable bonds is 5. The molecule has 0 radical (unpaired) electrons. The molecule has 0 aliphatic carbocycles.